The van der Waals surface area contributed by atoms with Crippen molar-refractivity contribution >= 4 is 34.1 Å². The largest absolute Gasteiger partial charge is 0.454 e. The molecule has 0 aliphatic heterocycles. The third-order valence-electron chi connectivity index (χ3n) is 4.63. The van der Waals surface area contributed by atoms with Gasteiger partial charge >= 0.3 is 6.18 Å². The Balaban J connectivity index is 1.69. The van der Waals surface area contributed by atoms with E-state index in [0.29, 0.717) is 38.3 Å². The van der Waals surface area contributed by atoms with E-state index in [9.17, 15) is 13.2 Å². The maximum Gasteiger partial charge on any atom is 0.416 e. The standard InChI is InChI=1S/C23H14Cl2F3NO/c1-13-11-21(14-5-7-15(8-6-14)23(26,27)28)29-20-10-9-16(12-17(13)20)30-22-18(24)3-2-4-19(22)25/h2-12H,1H3. The van der Waals surface area contributed by atoms with Crippen molar-refractivity contribution in [2.75, 3.05) is 0 Å². The fraction of sp³-hybridized carbons (Fsp3) is 0.0870. The normalized spacial score (nSPS) is 11.7. The number of aryl methyl sites for hydroxylation is 1. The predicted molar refractivity (Wildman–Crippen MR) is 113 cm³/mol. The van der Waals surface area contributed by atoms with Crippen LogP contribution in [0.25, 0.3) is 22.2 Å². The highest BCUT2D eigenvalue weighted by Gasteiger charge is 2.30. The molecule has 0 spiro atoms. The van der Waals surface area contributed by atoms with Gasteiger partial charge in [0, 0.05) is 10.9 Å². The maximum atomic E-state index is 12.8. The molecule has 1 heterocycles. The summed E-state index contributed by atoms with van der Waals surface area (Å²) >= 11 is 12.3. The van der Waals surface area contributed by atoms with Gasteiger partial charge in [-0.3, -0.25) is 0 Å². The average Bonchev–Trinajstić information content (AvgIpc) is 2.70. The molecule has 0 radical (unpaired) electrons. The van der Waals surface area contributed by atoms with Gasteiger partial charge < -0.3 is 4.74 Å². The Morgan fingerprint density at radius 3 is 2.17 bits per heavy atom. The molecule has 4 rings (SSSR count). The summed E-state index contributed by atoms with van der Waals surface area (Å²) in [5.41, 5.74) is 2.12. The highest BCUT2D eigenvalue weighted by atomic mass is 35.5. The van der Waals surface area contributed by atoms with E-state index in [0.717, 1.165) is 23.1 Å². The van der Waals surface area contributed by atoms with Crippen LogP contribution in [0.15, 0.2) is 66.7 Å². The lowest BCUT2D eigenvalue weighted by Gasteiger charge is -2.12. The van der Waals surface area contributed by atoms with Crippen LogP contribution < -0.4 is 4.74 Å². The molecular weight excluding hydrogens is 434 g/mol. The van der Waals surface area contributed by atoms with Crippen LogP contribution in [-0.2, 0) is 6.18 Å². The number of pyridine rings is 1. The summed E-state index contributed by atoms with van der Waals surface area (Å²) in [6.07, 6.45) is -4.37. The number of nitrogens with zero attached hydrogens (tertiary/aromatic N) is 1. The first-order valence-electron chi connectivity index (χ1n) is 8.93. The van der Waals surface area contributed by atoms with Crippen molar-refractivity contribution in [3.63, 3.8) is 0 Å². The van der Waals surface area contributed by atoms with E-state index < -0.39 is 11.7 Å². The molecule has 1 aromatic heterocycles. The van der Waals surface area contributed by atoms with Crippen LogP contribution >= 0.6 is 23.2 Å². The van der Waals surface area contributed by atoms with Crippen LogP contribution in [0.3, 0.4) is 0 Å². The van der Waals surface area contributed by atoms with Crippen LogP contribution in [0.4, 0.5) is 13.2 Å². The predicted octanol–water partition coefficient (Wildman–Crippen LogP) is 8.33. The highest BCUT2D eigenvalue weighted by molar-refractivity contribution is 6.37. The second-order valence-corrected chi connectivity index (χ2v) is 7.55. The van der Waals surface area contributed by atoms with E-state index in [2.05, 4.69) is 4.98 Å². The molecule has 7 heteroatoms. The fourth-order valence-electron chi connectivity index (χ4n) is 3.11. The van der Waals surface area contributed by atoms with E-state index in [-0.39, 0.29) is 0 Å². The van der Waals surface area contributed by atoms with Crippen molar-refractivity contribution < 1.29 is 17.9 Å². The zero-order valence-electron chi connectivity index (χ0n) is 15.6. The van der Waals surface area contributed by atoms with Crippen molar-refractivity contribution in [3.8, 4) is 22.8 Å². The molecule has 152 valence electrons. The lowest BCUT2D eigenvalue weighted by atomic mass is 10.0. The molecule has 0 saturated carbocycles. The fourth-order valence-corrected chi connectivity index (χ4v) is 3.59. The first-order chi connectivity index (χ1) is 14.2. The van der Waals surface area contributed by atoms with Crippen molar-refractivity contribution in [2.45, 2.75) is 13.1 Å². The van der Waals surface area contributed by atoms with E-state index in [4.69, 9.17) is 27.9 Å². The number of benzene rings is 3. The van der Waals surface area contributed by atoms with E-state index in [1.165, 1.54) is 12.1 Å². The number of rotatable bonds is 3. The lowest BCUT2D eigenvalue weighted by Crippen LogP contribution is -2.04. The molecule has 0 aliphatic carbocycles. The molecule has 0 bridgehead atoms. The quantitative estimate of drug-likeness (QED) is 0.314. The Bertz CT molecular complexity index is 1220. The van der Waals surface area contributed by atoms with Gasteiger partial charge in [-0.1, -0.05) is 41.4 Å². The molecule has 0 amide bonds. The van der Waals surface area contributed by atoms with Crippen LogP contribution in [-0.4, -0.2) is 4.98 Å². The SMILES string of the molecule is Cc1cc(-c2ccc(C(F)(F)F)cc2)nc2ccc(Oc3c(Cl)cccc3Cl)cc12. The Morgan fingerprint density at radius 1 is 0.867 bits per heavy atom. The lowest BCUT2D eigenvalue weighted by molar-refractivity contribution is -0.137. The summed E-state index contributed by atoms with van der Waals surface area (Å²) in [7, 11) is 0. The summed E-state index contributed by atoms with van der Waals surface area (Å²) in [5, 5.41) is 1.65. The Hall–Kier alpha value is -2.76. The zero-order chi connectivity index (χ0) is 21.5. The molecule has 2 nitrogen and oxygen atoms in total. The zero-order valence-corrected chi connectivity index (χ0v) is 17.1. The first kappa shape index (κ1) is 20.5. The minimum Gasteiger partial charge on any atom is -0.454 e. The number of hydrogen-bond acceptors (Lipinski definition) is 2. The summed E-state index contributed by atoms with van der Waals surface area (Å²) in [4.78, 5) is 4.59. The van der Waals surface area contributed by atoms with Gasteiger partial charge in [0.25, 0.3) is 0 Å². The summed E-state index contributed by atoms with van der Waals surface area (Å²) in [6.45, 7) is 1.91. The number of para-hydroxylation sites is 1. The van der Waals surface area contributed by atoms with Gasteiger partial charge in [0.15, 0.2) is 5.75 Å². The van der Waals surface area contributed by atoms with Crippen molar-refractivity contribution in [3.05, 3.63) is 87.9 Å². The first-order valence-corrected chi connectivity index (χ1v) is 9.69. The highest BCUT2D eigenvalue weighted by Crippen LogP contribution is 2.37. The van der Waals surface area contributed by atoms with Gasteiger partial charge in [-0.15, -0.1) is 0 Å². The molecule has 3 aromatic carbocycles. The Labute approximate surface area is 180 Å². The number of hydrogen-bond donors (Lipinski definition) is 0. The third kappa shape index (κ3) is 4.09. The van der Waals surface area contributed by atoms with Gasteiger partial charge in [-0.2, -0.15) is 13.2 Å². The smallest absolute Gasteiger partial charge is 0.416 e. The van der Waals surface area contributed by atoms with E-state index >= 15 is 0 Å². The third-order valence-corrected chi connectivity index (χ3v) is 5.23. The molecule has 0 aliphatic rings. The molecule has 30 heavy (non-hydrogen) atoms. The molecule has 0 unspecified atom stereocenters. The summed E-state index contributed by atoms with van der Waals surface area (Å²) < 4.78 is 44.2. The second kappa shape index (κ2) is 7.82. The second-order valence-electron chi connectivity index (χ2n) is 6.73. The Kier molecular flexibility index (Phi) is 5.35. The molecule has 4 aromatic rings. The van der Waals surface area contributed by atoms with Gasteiger partial charge in [-0.25, -0.2) is 4.98 Å². The number of ether oxygens (including phenoxy) is 1. The average molecular weight is 448 g/mol. The van der Waals surface area contributed by atoms with Crippen LogP contribution in [0.2, 0.25) is 10.0 Å². The minimum absolute atomic E-state index is 0.368. The molecule has 0 fully saturated rings. The van der Waals surface area contributed by atoms with E-state index in [1.54, 1.807) is 30.3 Å². The number of fused-ring (bicyclic) bond motifs is 1. The monoisotopic (exact) mass is 447 g/mol. The van der Waals surface area contributed by atoms with Crippen LogP contribution in [0.1, 0.15) is 11.1 Å². The molecular formula is C23H14Cl2F3NO. The van der Waals surface area contributed by atoms with Gasteiger partial charge in [0.05, 0.1) is 26.8 Å². The number of alkyl halides is 3. The van der Waals surface area contributed by atoms with Crippen molar-refractivity contribution in [1.29, 1.82) is 0 Å². The summed E-state index contributed by atoms with van der Waals surface area (Å²) in [6, 6.07) is 17.3. The number of halogens is 5. The van der Waals surface area contributed by atoms with Crippen LogP contribution in [0, 0.1) is 6.92 Å². The van der Waals surface area contributed by atoms with Crippen molar-refractivity contribution in [1.82, 2.24) is 4.98 Å². The molecule has 0 atom stereocenters. The van der Waals surface area contributed by atoms with Gasteiger partial charge in [-0.05, 0) is 61.0 Å². The van der Waals surface area contributed by atoms with Crippen LogP contribution in [0.5, 0.6) is 11.5 Å². The van der Waals surface area contributed by atoms with E-state index in [1.807, 2.05) is 19.1 Å². The Morgan fingerprint density at radius 2 is 1.53 bits per heavy atom. The van der Waals surface area contributed by atoms with Gasteiger partial charge in [0.1, 0.15) is 5.75 Å². The maximum absolute atomic E-state index is 12.8. The number of aromatic nitrogens is 1. The van der Waals surface area contributed by atoms with Gasteiger partial charge in [0.2, 0.25) is 0 Å². The van der Waals surface area contributed by atoms with Crippen molar-refractivity contribution in [2.24, 2.45) is 0 Å². The topological polar surface area (TPSA) is 22.1 Å². The minimum atomic E-state index is -4.37. The molecule has 0 N–H and O–H groups in total. The molecule has 0 saturated heterocycles. The summed E-state index contributed by atoms with van der Waals surface area (Å²) in [5.74, 6) is 0.914.